The summed E-state index contributed by atoms with van der Waals surface area (Å²) in [4.78, 5) is 2.67. The normalized spacial score (nSPS) is 29.2. The lowest BCUT2D eigenvalue weighted by Gasteiger charge is -2.36. The summed E-state index contributed by atoms with van der Waals surface area (Å²) in [7, 11) is 0. The van der Waals surface area contributed by atoms with Crippen LogP contribution < -0.4 is 5.32 Å². The summed E-state index contributed by atoms with van der Waals surface area (Å²) in [5.41, 5.74) is 1.48. The molecule has 0 aliphatic carbocycles. The van der Waals surface area contributed by atoms with Gasteiger partial charge in [-0.2, -0.15) is 0 Å². The van der Waals surface area contributed by atoms with Crippen LogP contribution in [0, 0.1) is 5.92 Å². The first-order chi connectivity index (χ1) is 10.3. The molecule has 0 amide bonds. The van der Waals surface area contributed by atoms with Gasteiger partial charge in [0.25, 0.3) is 0 Å². The molecule has 2 aliphatic heterocycles. The van der Waals surface area contributed by atoms with Crippen molar-refractivity contribution in [3.63, 3.8) is 0 Å². The molecule has 2 heterocycles. The van der Waals surface area contributed by atoms with E-state index in [0.29, 0.717) is 0 Å². The van der Waals surface area contributed by atoms with Gasteiger partial charge in [0.15, 0.2) is 0 Å². The number of rotatable bonds is 3. The molecule has 3 heteroatoms. The van der Waals surface area contributed by atoms with Gasteiger partial charge in [0.05, 0.1) is 5.54 Å². The molecule has 1 aromatic carbocycles. The fourth-order valence-corrected chi connectivity index (χ4v) is 3.70. The first-order valence-corrected chi connectivity index (χ1v) is 8.37. The van der Waals surface area contributed by atoms with E-state index in [9.17, 15) is 0 Å². The highest BCUT2D eigenvalue weighted by Gasteiger charge is 2.31. The van der Waals surface area contributed by atoms with Crippen molar-refractivity contribution in [1.29, 1.82) is 0 Å². The molecule has 2 saturated heterocycles. The van der Waals surface area contributed by atoms with Crippen molar-refractivity contribution in [3.8, 4) is 0 Å². The first kappa shape index (κ1) is 15.0. The van der Waals surface area contributed by atoms with Crippen molar-refractivity contribution in [2.24, 2.45) is 5.92 Å². The van der Waals surface area contributed by atoms with Crippen LogP contribution in [-0.2, 0) is 10.3 Å². The van der Waals surface area contributed by atoms with Crippen LogP contribution in [0.3, 0.4) is 0 Å². The summed E-state index contributed by atoms with van der Waals surface area (Å²) in [5.74, 6) is 0.817. The van der Waals surface area contributed by atoms with Gasteiger partial charge in [-0.15, -0.1) is 0 Å². The Bertz CT molecular complexity index is 430. The van der Waals surface area contributed by atoms with Crippen molar-refractivity contribution < 1.29 is 4.74 Å². The highest BCUT2D eigenvalue weighted by Crippen LogP contribution is 2.25. The third-order valence-electron chi connectivity index (χ3n) is 4.97. The van der Waals surface area contributed by atoms with Crippen molar-refractivity contribution in [1.82, 2.24) is 10.2 Å². The molecular weight excluding hydrogens is 260 g/mol. The van der Waals surface area contributed by atoms with Gasteiger partial charge in [0, 0.05) is 26.3 Å². The summed E-state index contributed by atoms with van der Waals surface area (Å²) in [6.07, 6.45) is 3.70. The predicted octanol–water partition coefficient (Wildman–Crippen LogP) is 2.62. The zero-order chi connectivity index (χ0) is 14.5. The van der Waals surface area contributed by atoms with Crippen molar-refractivity contribution in [2.45, 2.75) is 31.7 Å². The quantitative estimate of drug-likeness (QED) is 0.925. The first-order valence-electron chi connectivity index (χ1n) is 8.37. The van der Waals surface area contributed by atoms with Crippen LogP contribution >= 0.6 is 0 Å². The molecule has 1 N–H and O–H groups in total. The van der Waals surface area contributed by atoms with Gasteiger partial charge in [-0.3, -0.25) is 0 Å². The number of nitrogens with one attached hydrogen (secondary N) is 1. The van der Waals surface area contributed by atoms with E-state index in [4.69, 9.17) is 4.74 Å². The lowest BCUT2D eigenvalue weighted by atomic mass is 9.91. The Morgan fingerprint density at radius 2 is 2.00 bits per heavy atom. The Morgan fingerprint density at radius 1 is 1.24 bits per heavy atom. The van der Waals surface area contributed by atoms with E-state index in [0.717, 1.165) is 32.2 Å². The third-order valence-corrected chi connectivity index (χ3v) is 4.97. The number of benzene rings is 1. The maximum atomic E-state index is 5.49. The molecule has 3 nitrogen and oxygen atoms in total. The molecule has 0 aromatic heterocycles. The molecule has 1 aromatic rings. The number of hydrogen-bond acceptors (Lipinski definition) is 3. The second-order valence-corrected chi connectivity index (χ2v) is 6.77. The second kappa shape index (κ2) is 6.91. The van der Waals surface area contributed by atoms with Crippen LogP contribution in [0.4, 0.5) is 0 Å². The molecule has 2 fully saturated rings. The van der Waals surface area contributed by atoms with Gasteiger partial charge in [-0.1, -0.05) is 30.3 Å². The van der Waals surface area contributed by atoms with Crippen LogP contribution in [0.2, 0.25) is 0 Å². The van der Waals surface area contributed by atoms with Crippen molar-refractivity contribution in [2.75, 3.05) is 39.4 Å². The number of ether oxygens (including phenoxy) is 1. The zero-order valence-corrected chi connectivity index (χ0v) is 13.2. The van der Waals surface area contributed by atoms with E-state index in [2.05, 4.69) is 47.5 Å². The zero-order valence-electron chi connectivity index (χ0n) is 13.2. The monoisotopic (exact) mass is 288 g/mol. The molecule has 21 heavy (non-hydrogen) atoms. The van der Waals surface area contributed by atoms with E-state index in [1.54, 1.807) is 0 Å². The van der Waals surface area contributed by atoms with E-state index in [1.807, 2.05) is 0 Å². The Morgan fingerprint density at radius 3 is 2.76 bits per heavy atom. The molecule has 3 rings (SSSR count). The third kappa shape index (κ3) is 3.85. The standard InChI is InChI=1S/C18H28N2O/c1-18(17-6-3-2-4-7-17)15-20(11-5-10-19-18)14-16-8-12-21-13-9-16/h2-4,6-7,16,19H,5,8-15H2,1H3. The van der Waals surface area contributed by atoms with Gasteiger partial charge in [-0.25, -0.2) is 0 Å². The lowest BCUT2D eigenvalue weighted by Crippen LogP contribution is -2.47. The molecule has 116 valence electrons. The Labute approximate surface area is 128 Å². The maximum absolute atomic E-state index is 5.49. The van der Waals surface area contributed by atoms with Crippen LogP contribution in [0.25, 0.3) is 0 Å². The van der Waals surface area contributed by atoms with Gasteiger partial charge in [-0.05, 0) is 50.8 Å². The van der Waals surface area contributed by atoms with E-state index in [1.165, 1.54) is 37.9 Å². The minimum atomic E-state index is 0.0723. The van der Waals surface area contributed by atoms with E-state index in [-0.39, 0.29) is 5.54 Å². The summed E-state index contributed by atoms with van der Waals surface area (Å²) in [5, 5.41) is 3.78. The number of nitrogens with zero attached hydrogens (tertiary/aromatic N) is 1. The average molecular weight is 288 g/mol. The Hall–Kier alpha value is -0.900. The fourth-order valence-electron chi connectivity index (χ4n) is 3.70. The van der Waals surface area contributed by atoms with Gasteiger partial charge in [0.1, 0.15) is 0 Å². The predicted molar refractivity (Wildman–Crippen MR) is 86.4 cm³/mol. The van der Waals surface area contributed by atoms with Crippen LogP contribution in [0.15, 0.2) is 30.3 Å². The minimum Gasteiger partial charge on any atom is -0.381 e. The molecule has 2 aliphatic rings. The Kier molecular flexibility index (Phi) is 4.94. The second-order valence-electron chi connectivity index (χ2n) is 6.77. The highest BCUT2D eigenvalue weighted by atomic mass is 16.5. The largest absolute Gasteiger partial charge is 0.381 e. The van der Waals surface area contributed by atoms with Crippen molar-refractivity contribution >= 4 is 0 Å². The molecule has 1 atom stereocenters. The van der Waals surface area contributed by atoms with Gasteiger partial charge >= 0.3 is 0 Å². The van der Waals surface area contributed by atoms with E-state index < -0.39 is 0 Å². The summed E-state index contributed by atoms with van der Waals surface area (Å²) in [6.45, 7) is 8.91. The molecule has 1 unspecified atom stereocenters. The average Bonchev–Trinajstić information content (AvgIpc) is 2.72. The highest BCUT2D eigenvalue weighted by molar-refractivity contribution is 5.24. The number of hydrogen-bond donors (Lipinski definition) is 1. The molecular formula is C18H28N2O. The lowest BCUT2D eigenvalue weighted by molar-refractivity contribution is 0.0501. The molecule has 0 saturated carbocycles. The summed E-state index contributed by atoms with van der Waals surface area (Å²) < 4.78 is 5.49. The van der Waals surface area contributed by atoms with Gasteiger partial charge < -0.3 is 15.0 Å². The van der Waals surface area contributed by atoms with Crippen LogP contribution in [0.1, 0.15) is 31.7 Å². The SMILES string of the molecule is CC1(c2ccccc2)CN(CC2CCOCC2)CCCN1. The molecule has 0 spiro atoms. The summed E-state index contributed by atoms with van der Waals surface area (Å²) >= 11 is 0. The topological polar surface area (TPSA) is 24.5 Å². The van der Waals surface area contributed by atoms with Crippen LogP contribution in [-0.4, -0.2) is 44.3 Å². The fraction of sp³-hybridized carbons (Fsp3) is 0.667. The smallest absolute Gasteiger partial charge is 0.0534 e. The van der Waals surface area contributed by atoms with E-state index >= 15 is 0 Å². The molecule has 0 radical (unpaired) electrons. The molecule has 0 bridgehead atoms. The van der Waals surface area contributed by atoms with Crippen molar-refractivity contribution in [3.05, 3.63) is 35.9 Å². The van der Waals surface area contributed by atoms with Gasteiger partial charge in [0.2, 0.25) is 0 Å². The maximum Gasteiger partial charge on any atom is 0.0534 e. The Balaban J connectivity index is 1.68. The minimum absolute atomic E-state index is 0.0723. The van der Waals surface area contributed by atoms with Crippen LogP contribution in [0.5, 0.6) is 0 Å². The summed E-state index contributed by atoms with van der Waals surface area (Å²) in [6, 6.07) is 10.9.